The van der Waals surface area contributed by atoms with Gasteiger partial charge in [-0.25, -0.2) is 9.97 Å². The van der Waals surface area contributed by atoms with Crippen molar-refractivity contribution in [3.8, 4) is 0 Å². The lowest BCUT2D eigenvalue weighted by atomic mass is 10.3. The highest BCUT2D eigenvalue weighted by molar-refractivity contribution is 8.01. The summed E-state index contributed by atoms with van der Waals surface area (Å²) < 4.78 is 0. The first-order valence-electron chi connectivity index (χ1n) is 14.4. The summed E-state index contributed by atoms with van der Waals surface area (Å²) in [5, 5.41) is 4.93. The van der Waals surface area contributed by atoms with Gasteiger partial charge >= 0.3 is 0 Å². The predicted molar refractivity (Wildman–Crippen MR) is 184 cm³/mol. The number of aromatic amines is 2. The lowest BCUT2D eigenvalue weighted by molar-refractivity contribution is 1.30. The summed E-state index contributed by atoms with van der Waals surface area (Å²) in [7, 11) is -2.48. The fourth-order valence-corrected chi connectivity index (χ4v) is 10.6. The van der Waals surface area contributed by atoms with E-state index in [0.29, 0.717) is 0 Å². The maximum Gasteiger partial charge on any atom is 0.161 e. The summed E-state index contributed by atoms with van der Waals surface area (Å²) in [6.07, 6.45) is 8.54. The number of nitrogens with zero attached hydrogens (tertiary/aromatic N) is 2. The molecule has 0 saturated carbocycles. The molecule has 0 saturated heterocycles. The minimum atomic E-state index is -2.48. The van der Waals surface area contributed by atoms with Crippen LogP contribution >= 0.6 is 7.26 Å². The van der Waals surface area contributed by atoms with Crippen molar-refractivity contribution in [2.45, 2.75) is 0 Å². The van der Waals surface area contributed by atoms with Crippen LogP contribution in [0.2, 0.25) is 0 Å². The van der Waals surface area contributed by atoms with Crippen LogP contribution in [-0.2, 0) is 0 Å². The summed E-state index contributed by atoms with van der Waals surface area (Å²) in [5.41, 5.74) is 7.75. The van der Waals surface area contributed by atoms with Gasteiger partial charge in [0.15, 0.2) is 5.30 Å². The number of hydrogen-bond acceptors (Lipinski definition) is 2. The number of H-pyrrole nitrogens is 2. The van der Waals surface area contributed by atoms with Crippen LogP contribution in [0.25, 0.3) is 46.4 Å². The first-order chi connectivity index (χ1) is 21.3. The van der Waals surface area contributed by atoms with Crippen LogP contribution in [0.3, 0.4) is 0 Å². The quantitative estimate of drug-likeness (QED) is 0.218. The number of fused-ring (bicyclic) bond motifs is 8. The Morgan fingerprint density at radius 3 is 1.16 bits per heavy atom. The minimum Gasteiger partial charge on any atom is -0.355 e. The molecule has 2 N–H and O–H groups in total. The van der Waals surface area contributed by atoms with Crippen molar-refractivity contribution in [3.63, 3.8) is 0 Å². The van der Waals surface area contributed by atoms with Crippen LogP contribution in [-0.4, -0.2) is 19.9 Å². The molecule has 3 aromatic heterocycles. The average Bonchev–Trinajstić information content (AvgIpc) is 3.88. The van der Waals surface area contributed by atoms with E-state index in [0.717, 1.165) is 50.1 Å². The fourth-order valence-electron chi connectivity index (χ4n) is 6.13. The third-order valence-corrected chi connectivity index (χ3v) is 12.3. The standard InChI is InChI=1S/C38H28N4P/c1-4-10-33(11-5-1)43(34-12-6-2-7-13-34,35-14-8-3-9-15-35)38-36-22-20-31(41-36)25-29-18-16-27(39-29)24-28-17-19-30(40-28)26-32-21-23-37(38)42-32/h1-26,39-40H/q+1. The SMILES string of the molecule is C1=Cc2nc1cc1ccc(cc3ccc(cc4nc(c2[P+](c2ccccc2)(c2ccccc2)c2ccccc2)C=C4)[nH]3)[nH]1. The Bertz CT molecular complexity index is 1990. The first kappa shape index (κ1) is 25.4. The van der Waals surface area contributed by atoms with Gasteiger partial charge in [0.25, 0.3) is 0 Å². The van der Waals surface area contributed by atoms with Crippen LogP contribution in [0, 0.1) is 0 Å². The van der Waals surface area contributed by atoms with Crippen LogP contribution in [0.4, 0.5) is 0 Å². The molecule has 43 heavy (non-hydrogen) atoms. The number of rotatable bonds is 4. The third kappa shape index (κ3) is 4.53. The Balaban J connectivity index is 1.57. The lowest BCUT2D eigenvalue weighted by Crippen LogP contribution is -2.40. The lowest BCUT2D eigenvalue weighted by Gasteiger charge is -2.28. The molecule has 0 fully saturated rings. The predicted octanol–water partition coefficient (Wildman–Crippen LogP) is 7.28. The van der Waals surface area contributed by atoms with Crippen molar-refractivity contribution in [1.82, 2.24) is 19.9 Å². The second kappa shape index (κ2) is 10.5. The maximum absolute atomic E-state index is 5.29. The molecule has 204 valence electrons. The molecule has 4 nitrogen and oxygen atoms in total. The molecule has 5 heteroatoms. The van der Waals surface area contributed by atoms with Crippen molar-refractivity contribution in [3.05, 3.63) is 156 Å². The van der Waals surface area contributed by atoms with E-state index in [9.17, 15) is 0 Å². The second-order valence-corrected chi connectivity index (χ2v) is 14.0. The van der Waals surface area contributed by atoms with E-state index in [1.807, 2.05) is 0 Å². The number of benzene rings is 3. The van der Waals surface area contributed by atoms with Gasteiger partial charge in [0.1, 0.15) is 34.6 Å². The van der Waals surface area contributed by atoms with Gasteiger partial charge in [-0.15, -0.1) is 0 Å². The number of hydrogen-bond donors (Lipinski definition) is 2. The number of nitrogens with one attached hydrogen (secondary N) is 2. The highest BCUT2D eigenvalue weighted by atomic mass is 31.2. The molecule has 0 radical (unpaired) electrons. The molecule has 2 aliphatic heterocycles. The molecule has 8 bridgehead atoms. The van der Waals surface area contributed by atoms with E-state index < -0.39 is 7.26 Å². The molecule has 3 aromatic carbocycles. The van der Waals surface area contributed by atoms with Crippen LogP contribution in [0.15, 0.2) is 133 Å². The van der Waals surface area contributed by atoms with Crippen molar-refractivity contribution >= 4 is 74.9 Å². The van der Waals surface area contributed by atoms with Crippen molar-refractivity contribution in [2.75, 3.05) is 0 Å². The van der Waals surface area contributed by atoms with Gasteiger partial charge in [-0.1, -0.05) is 54.6 Å². The Hall–Kier alpha value is -5.31. The summed E-state index contributed by atoms with van der Waals surface area (Å²) in [6, 6.07) is 47.4. The van der Waals surface area contributed by atoms with Gasteiger partial charge in [-0.2, -0.15) is 0 Å². The third-order valence-electron chi connectivity index (χ3n) is 7.95. The molecular formula is C38H28N4P+. The van der Waals surface area contributed by atoms with Gasteiger partial charge in [-0.3, -0.25) is 0 Å². The molecule has 0 unspecified atom stereocenters. The van der Waals surface area contributed by atoms with Gasteiger partial charge in [-0.05, 0) is 103 Å². The van der Waals surface area contributed by atoms with Crippen LogP contribution in [0.1, 0.15) is 22.8 Å². The molecule has 8 rings (SSSR count). The molecule has 0 atom stereocenters. The summed E-state index contributed by atoms with van der Waals surface area (Å²) in [5.74, 6) is 0. The van der Waals surface area contributed by atoms with Gasteiger partial charge in [0.2, 0.25) is 0 Å². The molecular weight excluding hydrogens is 543 g/mol. The van der Waals surface area contributed by atoms with E-state index >= 15 is 0 Å². The summed E-state index contributed by atoms with van der Waals surface area (Å²) >= 11 is 0. The van der Waals surface area contributed by atoms with E-state index in [-0.39, 0.29) is 0 Å². The highest BCUT2D eigenvalue weighted by Crippen LogP contribution is 2.55. The van der Waals surface area contributed by atoms with Crippen molar-refractivity contribution in [2.24, 2.45) is 0 Å². The zero-order chi connectivity index (χ0) is 28.6. The monoisotopic (exact) mass is 571 g/mol. The summed E-state index contributed by atoms with van der Waals surface area (Å²) in [4.78, 5) is 17.6. The average molecular weight is 572 g/mol. The summed E-state index contributed by atoms with van der Waals surface area (Å²) in [6.45, 7) is 0. The Morgan fingerprint density at radius 1 is 0.395 bits per heavy atom. The van der Waals surface area contributed by atoms with Crippen molar-refractivity contribution < 1.29 is 0 Å². The minimum absolute atomic E-state index is 0.904. The first-order valence-corrected chi connectivity index (χ1v) is 16.2. The Kier molecular flexibility index (Phi) is 6.21. The Morgan fingerprint density at radius 2 is 0.767 bits per heavy atom. The Labute approximate surface area is 250 Å². The normalized spacial score (nSPS) is 12.5. The fraction of sp³-hybridized carbons (Fsp3) is 0. The van der Waals surface area contributed by atoms with Crippen molar-refractivity contribution in [1.29, 1.82) is 0 Å². The van der Waals surface area contributed by atoms with E-state index in [1.54, 1.807) is 0 Å². The molecule has 0 amide bonds. The molecule has 2 aliphatic rings. The van der Waals surface area contributed by atoms with E-state index in [2.05, 4.69) is 168 Å². The number of aromatic nitrogens is 4. The zero-order valence-corrected chi connectivity index (χ0v) is 24.2. The molecule has 6 aromatic rings. The topological polar surface area (TPSA) is 57.4 Å². The zero-order valence-electron chi connectivity index (χ0n) is 23.4. The molecule has 0 spiro atoms. The molecule has 0 aliphatic carbocycles. The largest absolute Gasteiger partial charge is 0.355 e. The van der Waals surface area contributed by atoms with Crippen LogP contribution in [0.5, 0.6) is 0 Å². The van der Waals surface area contributed by atoms with Crippen LogP contribution < -0.4 is 21.2 Å². The highest BCUT2D eigenvalue weighted by Gasteiger charge is 2.51. The van der Waals surface area contributed by atoms with E-state index in [4.69, 9.17) is 9.97 Å². The van der Waals surface area contributed by atoms with Gasteiger partial charge < -0.3 is 9.97 Å². The van der Waals surface area contributed by atoms with Gasteiger partial charge in [0.05, 0.1) is 11.4 Å². The molecule has 5 heterocycles. The smallest absolute Gasteiger partial charge is 0.161 e. The maximum atomic E-state index is 5.29. The second-order valence-electron chi connectivity index (χ2n) is 10.7. The van der Waals surface area contributed by atoms with E-state index in [1.165, 1.54) is 15.9 Å². The van der Waals surface area contributed by atoms with Gasteiger partial charge in [0, 0.05) is 22.1 Å².